The largest absolute Gasteiger partial charge is 0.462 e. The number of rotatable bonds is 3. The summed E-state index contributed by atoms with van der Waals surface area (Å²) in [6.45, 7) is 0. The van der Waals surface area contributed by atoms with Crippen molar-refractivity contribution in [2.45, 2.75) is 50.2 Å². The third-order valence-corrected chi connectivity index (χ3v) is 3.06. The van der Waals surface area contributed by atoms with E-state index in [0.29, 0.717) is 0 Å². The fourth-order valence-corrected chi connectivity index (χ4v) is 2.15. The Bertz CT molecular complexity index is 357. The van der Waals surface area contributed by atoms with E-state index >= 15 is 0 Å². The summed E-state index contributed by atoms with van der Waals surface area (Å²) < 4.78 is 9.32. The van der Waals surface area contributed by atoms with Gasteiger partial charge in [-0.05, 0) is 25.7 Å². The maximum Gasteiger partial charge on any atom is 0.346 e. The van der Waals surface area contributed by atoms with Crippen molar-refractivity contribution in [3.63, 3.8) is 0 Å². The average Bonchev–Trinajstić information content (AvgIpc) is 2.76. The molecule has 6 heteroatoms. The van der Waals surface area contributed by atoms with Gasteiger partial charge in [-0.15, -0.1) is 0 Å². The van der Waals surface area contributed by atoms with Crippen LogP contribution in [0.15, 0.2) is 0 Å². The molecule has 1 unspecified atom stereocenters. The molecular weight excluding hydrogens is 228 g/mol. The van der Waals surface area contributed by atoms with E-state index in [1.54, 1.807) is 0 Å². The van der Waals surface area contributed by atoms with Crippen LogP contribution in [0.1, 0.15) is 38.5 Å². The van der Waals surface area contributed by atoms with Gasteiger partial charge in [0, 0.05) is 0 Å². The predicted octanol–water partition coefficient (Wildman–Crippen LogP) is 0.0669. The molecule has 1 saturated carbocycles. The van der Waals surface area contributed by atoms with Gasteiger partial charge >= 0.3 is 17.9 Å². The van der Waals surface area contributed by atoms with Crippen LogP contribution in [0.4, 0.5) is 0 Å². The molecule has 1 saturated heterocycles. The number of carbonyl (C=O) groups excluding carboxylic acids is 3. The summed E-state index contributed by atoms with van der Waals surface area (Å²) in [6.07, 6.45) is 2.53. The van der Waals surface area contributed by atoms with Gasteiger partial charge in [0.15, 0.2) is 5.60 Å². The first-order chi connectivity index (χ1) is 7.99. The van der Waals surface area contributed by atoms with E-state index in [0.717, 1.165) is 25.7 Å². The molecule has 1 aliphatic carbocycles. The second-order valence-corrected chi connectivity index (χ2v) is 4.54. The van der Waals surface area contributed by atoms with Crippen LogP contribution >= 0.6 is 0 Å². The van der Waals surface area contributed by atoms with E-state index in [4.69, 9.17) is 4.74 Å². The molecule has 0 bridgehead atoms. The molecule has 94 valence electrons. The smallest absolute Gasteiger partial charge is 0.346 e. The molecule has 2 aliphatic rings. The number of hydrogen-bond acceptors (Lipinski definition) is 6. The molecule has 0 aromatic heterocycles. The Labute approximate surface area is 97.9 Å². The molecule has 6 nitrogen and oxygen atoms in total. The van der Waals surface area contributed by atoms with Gasteiger partial charge in [-0.2, -0.15) is 0 Å². The van der Waals surface area contributed by atoms with Crippen LogP contribution in [0.3, 0.4) is 0 Å². The van der Waals surface area contributed by atoms with Crippen LogP contribution in [0.25, 0.3) is 0 Å². The quantitative estimate of drug-likeness (QED) is 0.556. The third kappa shape index (κ3) is 2.63. The molecule has 0 spiro atoms. The fourth-order valence-electron chi connectivity index (χ4n) is 2.15. The van der Waals surface area contributed by atoms with Crippen molar-refractivity contribution in [1.82, 2.24) is 0 Å². The van der Waals surface area contributed by atoms with Gasteiger partial charge in [-0.25, -0.2) is 4.79 Å². The van der Waals surface area contributed by atoms with Gasteiger partial charge in [0.2, 0.25) is 0 Å². The monoisotopic (exact) mass is 242 g/mol. The molecule has 1 heterocycles. The maximum atomic E-state index is 11.5. The number of hydrogen-bond donors (Lipinski definition) is 1. The highest BCUT2D eigenvalue weighted by molar-refractivity contribution is 6.01. The molecule has 0 radical (unpaired) electrons. The Kier molecular flexibility index (Phi) is 3.15. The van der Waals surface area contributed by atoms with Crippen molar-refractivity contribution < 1.29 is 29.0 Å². The topological polar surface area (TPSA) is 89.9 Å². The van der Waals surface area contributed by atoms with Crippen molar-refractivity contribution in [2.75, 3.05) is 0 Å². The zero-order valence-electron chi connectivity index (χ0n) is 9.31. The van der Waals surface area contributed by atoms with Crippen LogP contribution in [-0.2, 0) is 23.9 Å². The first-order valence-electron chi connectivity index (χ1n) is 5.66. The minimum atomic E-state index is -2.03. The van der Waals surface area contributed by atoms with Crippen LogP contribution in [0, 0.1) is 0 Å². The van der Waals surface area contributed by atoms with Crippen molar-refractivity contribution in [3.8, 4) is 0 Å². The SMILES string of the molecule is O=C1CC(O)(CC(=O)OC2CCCC2)C(=O)O1. The molecule has 0 aromatic rings. The number of aliphatic hydroxyl groups is 1. The van der Waals surface area contributed by atoms with Crippen LogP contribution in [0.5, 0.6) is 0 Å². The summed E-state index contributed by atoms with van der Waals surface area (Å²) in [6, 6.07) is 0. The van der Waals surface area contributed by atoms with Gasteiger partial charge in [0.1, 0.15) is 6.10 Å². The number of ether oxygens (including phenoxy) is 2. The maximum absolute atomic E-state index is 11.5. The first-order valence-corrected chi connectivity index (χ1v) is 5.66. The number of cyclic esters (lactones) is 2. The molecule has 2 fully saturated rings. The molecule has 17 heavy (non-hydrogen) atoms. The molecule has 1 aliphatic heterocycles. The Morgan fingerprint density at radius 2 is 2.06 bits per heavy atom. The Hall–Kier alpha value is -1.43. The summed E-state index contributed by atoms with van der Waals surface area (Å²) in [5.41, 5.74) is -2.03. The summed E-state index contributed by atoms with van der Waals surface area (Å²) >= 11 is 0. The third-order valence-electron chi connectivity index (χ3n) is 3.06. The van der Waals surface area contributed by atoms with Crippen LogP contribution in [-0.4, -0.2) is 34.7 Å². The zero-order valence-corrected chi connectivity index (χ0v) is 9.31. The lowest BCUT2D eigenvalue weighted by molar-refractivity contribution is -0.166. The molecular formula is C11H14O6. The molecule has 0 amide bonds. The normalized spacial score (nSPS) is 29.5. The Balaban J connectivity index is 1.89. The Morgan fingerprint density at radius 1 is 1.41 bits per heavy atom. The highest BCUT2D eigenvalue weighted by Crippen LogP contribution is 2.27. The van der Waals surface area contributed by atoms with Gasteiger partial charge in [0.25, 0.3) is 0 Å². The number of carbonyl (C=O) groups is 3. The van der Waals surface area contributed by atoms with Crippen molar-refractivity contribution in [1.29, 1.82) is 0 Å². The van der Waals surface area contributed by atoms with Crippen molar-refractivity contribution in [2.24, 2.45) is 0 Å². The van der Waals surface area contributed by atoms with Crippen LogP contribution in [0.2, 0.25) is 0 Å². The highest BCUT2D eigenvalue weighted by Gasteiger charge is 2.49. The lowest BCUT2D eigenvalue weighted by Gasteiger charge is -2.17. The minimum Gasteiger partial charge on any atom is -0.462 e. The highest BCUT2D eigenvalue weighted by atomic mass is 16.6. The van der Waals surface area contributed by atoms with E-state index in [1.165, 1.54) is 0 Å². The van der Waals surface area contributed by atoms with Gasteiger partial charge in [-0.1, -0.05) is 0 Å². The van der Waals surface area contributed by atoms with E-state index < -0.39 is 36.4 Å². The standard InChI is InChI=1S/C11H14O6/c12-8(16-7-3-1-2-4-7)5-11(15)6-9(13)17-10(11)14/h7,15H,1-6H2. The second kappa shape index (κ2) is 4.44. The lowest BCUT2D eigenvalue weighted by Crippen LogP contribution is -2.37. The summed E-state index contributed by atoms with van der Waals surface area (Å²) in [5, 5.41) is 9.78. The first kappa shape index (κ1) is 12.0. The zero-order chi connectivity index (χ0) is 12.5. The van der Waals surface area contributed by atoms with E-state index in [1.807, 2.05) is 0 Å². The van der Waals surface area contributed by atoms with Crippen LogP contribution < -0.4 is 0 Å². The average molecular weight is 242 g/mol. The van der Waals surface area contributed by atoms with Crippen molar-refractivity contribution in [3.05, 3.63) is 0 Å². The predicted molar refractivity (Wildman–Crippen MR) is 53.6 cm³/mol. The summed E-state index contributed by atoms with van der Waals surface area (Å²) in [7, 11) is 0. The van der Waals surface area contributed by atoms with E-state index in [-0.39, 0.29) is 6.10 Å². The van der Waals surface area contributed by atoms with Gasteiger partial charge in [-0.3, -0.25) is 9.59 Å². The number of esters is 3. The van der Waals surface area contributed by atoms with Crippen molar-refractivity contribution >= 4 is 17.9 Å². The van der Waals surface area contributed by atoms with E-state index in [9.17, 15) is 19.5 Å². The molecule has 1 N–H and O–H groups in total. The fraction of sp³-hybridized carbons (Fsp3) is 0.727. The van der Waals surface area contributed by atoms with Gasteiger partial charge < -0.3 is 14.6 Å². The summed E-state index contributed by atoms with van der Waals surface area (Å²) in [5.74, 6) is -2.54. The Morgan fingerprint density at radius 3 is 2.59 bits per heavy atom. The van der Waals surface area contributed by atoms with E-state index in [2.05, 4.69) is 4.74 Å². The molecule has 0 aromatic carbocycles. The second-order valence-electron chi connectivity index (χ2n) is 4.54. The molecule has 1 atom stereocenters. The lowest BCUT2D eigenvalue weighted by atomic mass is 9.98. The summed E-state index contributed by atoms with van der Waals surface area (Å²) in [4.78, 5) is 33.5. The molecule has 2 rings (SSSR count). The van der Waals surface area contributed by atoms with Gasteiger partial charge in [0.05, 0.1) is 12.8 Å². The minimum absolute atomic E-state index is 0.126.